The van der Waals surface area contributed by atoms with E-state index in [1.54, 1.807) is 6.07 Å². The number of aromatic nitrogens is 1. The molecule has 1 atom stereocenters. The summed E-state index contributed by atoms with van der Waals surface area (Å²) in [6, 6.07) is 4.74. The molecular formula is C10H11FN2S. The Balaban J connectivity index is 2.41. The van der Waals surface area contributed by atoms with Gasteiger partial charge in [-0.15, -0.1) is 11.3 Å². The normalized spacial score (nSPS) is 13.4. The van der Waals surface area contributed by atoms with Crippen molar-refractivity contribution in [2.45, 2.75) is 19.4 Å². The van der Waals surface area contributed by atoms with Gasteiger partial charge in [0.25, 0.3) is 0 Å². The molecule has 1 aromatic heterocycles. The van der Waals surface area contributed by atoms with Gasteiger partial charge in [-0.3, -0.25) is 0 Å². The Hall–Kier alpha value is -1.000. The highest BCUT2D eigenvalue weighted by atomic mass is 32.1. The second-order valence-corrected chi connectivity index (χ2v) is 4.52. The van der Waals surface area contributed by atoms with Gasteiger partial charge in [-0.05, 0) is 25.1 Å². The third-order valence-corrected chi connectivity index (χ3v) is 2.93. The first kappa shape index (κ1) is 9.55. The molecule has 0 aliphatic carbocycles. The van der Waals surface area contributed by atoms with Crippen molar-refractivity contribution in [1.82, 2.24) is 4.98 Å². The summed E-state index contributed by atoms with van der Waals surface area (Å²) in [5.74, 6) is -0.214. The fourth-order valence-electron chi connectivity index (χ4n) is 1.31. The van der Waals surface area contributed by atoms with Crippen LogP contribution in [0.1, 0.15) is 11.9 Å². The minimum atomic E-state index is -0.214. The Labute approximate surface area is 85.6 Å². The molecule has 1 unspecified atom stereocenters. The fourth-order valence-corrected chi connectivity index (χ4v) is 2.44. The molecule has 0 aliphatic heterocycles. The Morgan fingerprint density at radius 3 is 3.07 bits per heavy atom. The van der Waals surface area contributed by atoms with Crippen molar-refractivity contribution in [3.63, 3.8) is 0 Å². The van der Waals surface area contributed by atoms with Crippen LogP contribution >= 0.6 is 11.3 Å². The van der Waals surface area contributed by atoms with Gasteiger partial charge in [0.1, 0.15) is 5.82 Å². The van der Waals surface area contributed by atoms with E-state index >= 15 is 0 Å². The average Bonchev–Trinajstić information content (AvgIpc) is 2.44. The fraction of sp³-hybridized carbons (Fsp3) is 0.300. The van der Waals surface area contributed by atoms with Gasteiger partial charge in [0.05, 0.1) is 15.2 Å². The lowest BCUT2D eigenvalue weighted by atomic mass is 10.3. The smallest absolute Gasteiger partial charge is 0.124 e. The van der Waals surface area contributed by atoms with Crippen LogP contribution in [0.3, 0.4) is 0 Å². The topological polar surface area (TPSA) is 38.9 Å². The molecule has 1 heterocycles. The van der Waals surface area contributed by atoms with Crippen LogP contribution in [0.2, 0.25) is 0 Å². The van der Waals surface area contributed by atoms with Crippen LogP contribution in [0.15, 0.2) is 18.2 Å². The summed E-state index contributed by atoms with van der Waals surface area (Å²) in [7, 11) is 0. The van der Waals surface area contributed by atoms with E-state index in [1.165, 1.54) is 23.5 Å². The molecule has 2 rings (SSSR count). The maximum atomic E-state index is 12.9. The molecule has 0 radical (unpaired) electrons. The van der Waals surface area contributed by atoms with Gasteiger partial charge >= 0.3 is 0 Å². The third-order valence-electron chi connectivity index (χ3n) is 1.89. The van der Waals surface area contributed by atoms with Gasteiger partial charge < -0.3 is 5.73 Å². The Morgan fingerprint density at radius 1 is 1.57 bits per heavy atom. The molecule has 0 saturated heterocycles. The van der Waals surface area contributed by atoms with E-state index in [0.29, 0.717) is 0 Å². The SMILES string of the molecule is CC(N)Cc1nc2ccc(F)cc2s1. The first-order valence-corrected chi connectivity index (χ1v) is 5.27. The maximum Gasteiger partial charge on any atom is 0.124 e. The standard InChI is InChI=1S/C10H11FN2S/c1-6(12)4-10-13-8-3-2-7(11)5-9(8)14-10/h2-3,5-6H,4,12H2,1H3. The highest BCUT2D eigenvalue weighted by Gasteiger charge is 2.06. The highest BCUT2D eigenvalue weighted by molar-refractivity contribution is 7.18. The lowest BCUT2D eigenvalue weighted by Gasteiger charge is -1.98. The van der Waals surface area contributed by atoms with Crippen LogP contribution in [-0.4, -0.2) is 11.0 Å². The van der Waals surface area contributed by atoms with Crippen molar-refractivity contribution in [3.05, 3.63) is 29.0 Å². The van der Waals surface area contributed by atoms with Crippen LogP contribution in [0.5, 0.6) is 0 Å². The number of thiazole rings is 1. The van der Waals surface area contributed by atoms with Gasteiger partial charge in [0.2, 0.25) is 0 Å². The second-order valence-electron chi connectivity index (χ2n) is 3.40. The van der Waals surface area contributed by atoms with Crippen LogP contribution < -0.4 is 5.73 Å². The van der Waals surface area contributed by atoms with Gasteiger partial charge in [0.15, 0.2) is 0 Å². The largest absolute Gasteiger partial charge is 0.328 e. The lowest BCUT2D eigenvalue weighted by Crippen LogP contribution is -2.17. The summed E-state index contributed by atoms with van der Waals surface area (Å²) >= 11 is 1.51. The number of hydrogen-bond donors (Lipinski definition) is 1. The molecule has 1 aromatic carbocycles. The quantitative estimate of drug-likeness (QED) is 0.826. The second kappa shape index (κ2) is 3.63. The van der Waals surface area contributed by atoms with E-state index in [-0.39, 0.29) is 11.9 Å². The zero-order valence-electron chi connectivity index (χ0n) is 7.83. The van der Waals surface area contributed by atoms with Crippen LogP contribution in [-0.2, 0) is 6.42 Å². The van der Waals surface area contributed by atoms with Crippen LogP contribution in [0.25, 0.3) is 10.2 Å². The zero-order valence-corrected chi connectivity index (χ0v) is 8.64. The average molecular weight is 210 g/mol. The minimum Gasteiger partial charge on any atom is -0.328 e. The Kier molecular flexibility index (Phi) is 2.48. The van der Waals surface area contributed by atoms with Gasteiger partial charge in [-0.25, -0.2) is 9.37 Å². The number of fused-ring (bicyclic) bond motifs is 1. The van der Waals surface area contributed by atoms with Crippen molar-refractivity contribution in [2.75, 3.05) is 0 Å². The van der Waals surface area contributed by atoms with Crippen molar-refractivity contribution in [2.24, 2.45) is 5.73 Å². The monoisotopic (exact) mass is 210 g/mol. The van der Waals surface area contributed by atoms with Crippen LogP contribution in [0, 0.1) is 5.82 Å². The molecular weight excluding hydrogens is 199 g/mol. The molecule has 0 saturated carbocycles. The number of nitrogens with zero attached hydrogens (tertiary/aromatic N) is 1. The molecule has 4 heteroatoms. The number of benzene rings is 1. The van der Waals surface area contributed by atoms with Crippen LogP contribution in [0.4, 0.5) is 4.39 Å². The first-order valence-electron chi connectivity index (χ1n) is 4.45. The summed E-state index contributed by atoms with van der Waals surface area (Å²) in [6.07, 6.45) is 0.751. The number of hydrogen-bond acceptors (Lipinski definition) is 3. The highest BCUT2D eigenvalue weighted by Crippen LogP contribution is 2.23. The predicted octanol–water partition coefficient (Wildman–Crippen LogP) is 2.33. The summed E-state index contributed by atoms with van der Waals surface area (Å²) in [5, 5.41) is 0.973. The van der Waals surface area contributed by atoms with Crippen molar-refractivity contribution >= 4 is 21.6 Å². The van der Waals surface area contributed by atoms with Crippen molar-refractivity contribution in [1.29, 1.82) is 0 Å². The van der Waals surface area contributed by atoms with E-state index in [1.807, 2.05) is 6.92 Å². The molecule has 2 nitrogen and oxygen atoms in total. The van der Waals surface area contributed by atoms with E-state index in [9.17, 15) is 4.39 Å². The lowest BCUT2D eigenvalue weighted by molar-refractivity contribution is 0.630. The van der Waals surface area contributed by atoms with Gasteiger partial charge in [-0.2, -0.15) is 0 Å². The van der Waals surface area contributed by atoms with E-state index in [4.69, 9.17) is 5.73 Å². The predicted molar refractivity (Wildman–Crippen MR) is 56.9 cm³/mol. The molecule has 0 fully saturated rings. The minimum absolute atomic E-state index is 0.0976. The molecule has 2 N–H and O–H groups in total. The zero-order chi connectivity index (χ0) is 10.1. The van der Waals surface area contributed by atoms with Crippen molar-refractivity contribution < 1.29 is 4.39 Å². The maximum absolute atomic E-state index is 12.9. The molecule has 14 heavy (non-hydrogen) atoms. The van der Waals surface area contributed by atoms with E-state index in [0.717, 1.165) is 21.6 Å². The first-order chi connectivity index (χ1) is 6.65. The van der Waals surface area contributed by atoms with E-state index in [2.05, 4.69) is 4.98 Å². The summed E-state index contributed by atoms with van der Waals surface area (Å²) < 4.78 is 13.8. The Bertz CT molecular complexity index is 450. The third kappa shape index (κ3) is 1.91. The number of rotatable bonds is 2. The molecule has 74 valence electrons. The summed E-state index contributed by atoms with van der Waals surface area (Å²) in [5.41, 5.74) is 6.52. The molecule has 0 amide bonds. The summed E-state index contributed by atoms with van der Waals surface area (Å²) in [4.78, 5) is 4.37. The molecule has 2 aromatic rings. The number of nitrogens with two attached hydrogens (primary N) is 1. The number of halogens is 1. The molecule has 0 aliphatic rings. The molecule has 0 spiro atoms. The Morgan fingerprint density at radius 2 is 2.36 bits per heavy atom. The van der Waals surface area contributed by atoms with E-state index < -0.39 is 0 Å². The molecule has 0 bridgehead atoms. The van der Waals surface area contributed by atoms with Gasteiger partial charge in [0, 0.05) is 12.5 Å². The summed E-state index contributed by atoms with van der Waals surface area (Å²) in [6.45, 7) is 1.94. The van der Waals surface area contributed by atoms with Crippen molar-refractivity contribution in [3.8, 4) is 0 Å². The van der Waals surface area contributed by atoms with Gasteiger partial charge in [-0.1, -0.05) is 0 Å².